The molecule has 0 amide bonds. The summed E-state index contributed by atoms with van der Waals surface area (Å²) in [4.78, 5) is 5.87. The zero-order valence-corrected chi connectivity index (χ0v) is 11.9. The molecule has 0 aliphatic heterocycles. The zero-order chi connectivity index (χ0) is 12.5. The summed E-state index contributed by atoms with van der Waals surface area (Å²) in [5.74, 6) is 0.766. The van der Waals surface area contributed by atoms with E-state index in [1.54, 1.807) is 11.3 Å². The molecule has 4 heteroatoms. The van der Waals surface area contributed by atoms with Crippen molar-refractivity contribution in [2.45, 2.75) is 52.0 Å². The van der Waals surface area contributed by atoms with Crippen LogP contribution in [0, 0.1) is 19.8 Å². The van der Waals surface area contributed by atoms with Gasteiger partial charge in [-0.25, -0.2) is 4.98 Å². The Hall–Kier alpha value is -0.610. The van der Waals surface area contributed by atoms with Gasteiger partial charge in [0.1, 0.15) is 0 Å². The van der Waals surface area contributed by atoms with Crippen molar-refractivity contribution in [2.75, 3.05) is 11.9 Å². The highest BCUT2D eigenvalue weighted by atomic mass is 32.1. The lowest BCUT2D eigenvalue weighted by atomic mass is 9.76. The van der Waals surface area contributed by atoms with E-state index in [4.69, 9.17) is 5.73 Å². The van der Waals surface area contributed by atoms with E-state index in [0.717, 1.165) is 16.7 Å². The van der Waals surface area contributed by atoms with Gasteiger partial charge < -0.3 is 11.1 Å². The molecule has 3 N–H and O–H groups in total. The van der Waals surface area contributed by atoms with Crippen molar-refractivity contribution in [1.29, 1.82) is 0 Å². The number of anilines is 1. The van der Waals surface area contributed by atoms with Gasteiger partial charge in [0, 0.05) is 11.4 Å². The van der Waals surface area contributed by atoms with Crippen molar-refractivity contribution >= 4 is 16.5 Å². The van der Waals surface area contributed by atoms with Gasteiger partial charge in [-0.3, -0.25) is 0 Å². The lowest BCUT2D eigenvalue weighted by Crippen LogP contribution is -2.48. The summed E-state index contributed by atoms with van der Waals surface area (Å²) < 4.78 is 0. The van der Waals surface area contributed by atoms with E-state index in [-0.39, 0.29) is 5.54 Å². The Labute approximate surface area is 108 Å². The lowest BCUT2D eigenvalue weighted by Gasteiger charge is -2.39. The minimum atomic E-state index is 0.0778. The summed E-state index contributed by atoms with van der Waals surface area (Å²) in [6, 6.07) is 0. The standard InChI is InChI=1S/C13H23N3S/c1-9-5-4-6-13(7-9,8-14)16-12-15-10(2)11(3)17-12/h9H,4-8,14H2,1-3H3,(H,15,16). The van der Waals surface area contributed by atoms with Gasteiger partial charge in [-0.05, 0) is 32.6 Å². The highest BCUT2D eigenvalue weighted by Gasteiger charge is 2.34. The number of aryl methyl sites for hydroxylation is 2. The van der Waals surface area contributed by atoms with Crippen LogP contribution in [0.25, 0.3) is 0 Å². The maximum Gasteiger partial charge on any atom is 0.183 e. The van der Waals surface area contributed by atoms with Crippen LogP contribution in [0.2, 0.25) is 0 Å². The molecule has 2 unspecified atom stereocenters. The van der Waals surface area contributed by atoms with Crippen LogP contribution in [0.15, 0.2) is 0 Å². The molecule has 3 nitrogen and oxygen atoms in total. The summed E-state index contributed by atoms with van der Waals surface area (Å²) >= 11 is 1.75. The lowest BCUT2D eigenvalue weighted by molar-refractivity contribution is 0.264. The van der Waals surface area contributed by atoms with E-state index in [2.05, 4.69) is 31.1 Å². The van der Waals surface area contributed by atoms with Crippen LogP contribution >= 0.6 is 11.3 Å². The fourth-order valence-corrected chi connectivity index (χ4v) is 3.70. The van der Waals surface area contributed by atoms with Gasteiger partial charge >= 0.3 is 0 Å². The van der Waals surface area contributed by atoms with Crippen LogP contribution in [-0.2, 0) is 0 Å². The third-order valence-electron chi connectivity index (χ3n) is 3.88. The van der Waals surface area contributed by atoms with Gasteiger partial charge in [0.2, 0.25) is 0 Å². The van der Waals surface area contributed by atoms with E-state index in [1.165, 1.54) is 30.6 Å². The molecule has 0 radical (unpaired) electrons. The maximum absolute atomic E-state index is 6.01. The molecule has 17 heavy (non-hydrogen) atoms. The Bertz CT molecular complexity index is 369. The second kappa shape index (κ2) is 4.94. The first-order chi connectivity index (χ1) is 8.04. The van der Waals surface area contributed by atoms with E-state index >= 15 is 0 Å². The van der Waals surface area contributed by atoms with Gasteiger partial charge in [-0.15, -0.1) is 11.3 Å². The van der Waals surface area contributed by atoms with Gasteiger partial charge in [-0.1, -0.05) is 19.8 Å². The molecule has 0 aromatic carbocycles. The second-order valence-corrected chi connectivity index (χ2v) is 6.67. The highest BCUT2D eigenvalue weighted by Crippen LogP contribution is 2.35. The summed E-state index contributed by atoms with van der Waals surface area (Å²) in [6.07, 6.45) is 4.95. The minimum absolute atomic E-state index is 0.0778. The largest absolute Gasteiger partial charge is 0.355 e. The maximum atomic E-state index is 6.01. The Morgan fingerprint density at radius 2 is 2.29 bits per heavy atom. The van der Waals surface area contributed by atoms with Crippen molar-refractivity contribution in [3.63, 3.8) is 0 Å². The first kappa shape index (κ1) is 12.8. The first-order valence-corrected chi connectivity index (χ1v) is 7.28. The number of nitrogens with zero attached hydrogens (tertiary/aromatic N) is 1. The fraction of sp³-hybridized carbons (Fsp3) is 0.769. The summed E-state index contributed by atoms with van der Waals surface area (Å²) in [7, 11) is 0. The van der Waals surface area contributed by atoms with E-state index in [0.29, 0.717) is 6.54 Å². The summed E-state index contributed by atoms with van der Waals surface area (Å²) in [6.45, 7) is 7.21. The fourth-order valence-electron chi connectivity index (χ4n) is 2.76. The number of thiazole rings is 1. The predicted octanol–water partition coefficient (Wildman–Crippen LogP) is 3.08. The smallest absolute Gasteiger partial charge is 0.183 e. The molecule has 0 spiro atoms. The first-order valence-electron chi connectivity index (χ1n) is 6.47. The monoisotopic (exact) mass is 253 g/mol. The molecule has 1 heterocycles. The van der Waals surface area contributed by atoms with Gasteiger partial charge in [0.15, 0.2) is 5.13 Å². The van der Waals surface area contributed by atoms with Crippen molar-refractivity contribution in [2.24, 2.45) is 11.7 Å². The molecule has 1 fully saturated rings. The van der Waals surface area contributed by atoms with E-state index in [1.807, 2.05) is 0 Å². The van der Waals surface area contributed by atoms with Gasteiger partial charge in [0.05, 0.1) is 11.2 Å². The van der Waals surface area contributed by atoms with Crippen LogP contribution in [0.1, 0.15) is 43.2 Å². The van der Waals surface area contributed by atoms with Crippen molar-refractivity contribution < 1.29 is 0 Å². The molecular weight excluding hydrogens is 230 g/mol. The second-order valence-electron chi connectivity index (χ2n) is 5.47. The van der Waals surface area contributed by atoms with Crippen LogP contribution in [0.3, 0.4) is 0 Å². The average Bonchev–Trinajstić information content (AvgIpc) is 2.57. The third-order valence-corrected chi connectivity index (χ3v) is 4.87. The Kier molecular flexibility index (Phi) is 3.73. The summed E-state index contributed by atoms with van der Waals surface area (Å²) in [5.41, 5.74) is 7.22. The molecule has 1 aliphatic rings. The van der Waals surface area contributed by atoms with Crippen LogP contribution < -0.4 is 11.1 Å². The molecule has 96 valence electrons. The van der Waals surface area contributed by atoms with Crippen molar-refractivity contribution in [1.82, 2.24) is 4.98 Å². The molecule has 1 aromatic heterocycles. The van der Waals surface area contributed by atoms with Crippen molar-refractivity contribution in [3.05, 3.63) is 10.6 Å². The van der Waals surface area contributed by atoms with Crippen molar-refractivity contribution in [3.8, 4) is 0 Å². The third kappa shape index (κ3) is 2.80. The number of hydrogen-bond acceptors (Lipinski definition) is 4. The molecule has 2 rings (SSSR count). The molecule has 2 atom stereocenters. The van der Waals surface area contributed by atoms with Crippen LogP contribution in [0.5, 0.6) is 0 Å². The molecule has 1 aliphatic carbocycles. The zero-order valence-electron chi connectivity index (χ0n) is 11.0. The minimum Gasteiger partial charge on any atom is -0.355 e. The SMILES string of the molecule is Cc1nc(NC2(CN)CCCC(C)C2)sc1C. The van der Waals surface area contributed by atoms with E-state index < -0.39 is 0 Å². The van der Waals surface area contributed by atoms with Gasteiger partial charge in [-0.2, -0.15) is 0 Å². The molecule has 0 saturated heterocycles. The normalized spacial score (nSPS) is 29.3. The topological polar surface area (TPSA) is 50.9 Å². The van der Waals surface area contributed by atoms with E-state index in [9.17, 15) is 0 Å². The summed E-state index contributed by atoms with van der Waals surface area (Å²) in [5, 5.41) is 4.66. The number of nitrogens with two attached hydrogens (primary N) is 1. The molecular formula is C13H23N3S. The quantitative estimate of drug-likeness (QED) is 0.870. The number of aromatic nitrogens is 1. The average molecular weight is 253 g/mol. The van der Waals surface area contributed by atoms with Crippen LogP contribution in [-0.4, -0.2) is 17.1 Å². The molecule has 0 bridgehead atoms. The van der Waals surface area contributed by atoms with Crippen LogP contribution in [0.4, 0.5) is 5.13 Å². The molecule has 1 saturated carbocycles. The highest BCUT2D eigenvalue weighted by molar-refractivity contribution is 7.15. The van der Waals surface area contributed by atoms with Gasteiger partial charge in [0.25, 0.3) is 0 Å². The number of rotatable bonds is 3. The Balaban J connectivity index is 2.13. The molecule has 1 aromatic rings. The number of nitrogens with one attached hydrogen (secondary N) is 1. The number of hydrogen-bond donors (Lipinski definition) is 2. The Morgan fingerprint density at radius 1 is 1.53 bits per heavy atom. The predicted molar refractivity (Wildman–Crippen MR) is 74.6 cm³/mol. The Morgan fingerprint density at radius 3 is 2.82 bits per heavy atom.